The average molecular weight is 365 g/mol. The summed E-state index contributed by atoms with van der Waals surface area (Å²) in [6.45, 7) is 4.15. The zero-order valence-corrected chi connectivity index (χ0v) is 13.2. The molecule has 0 aromatic heterocycles. The first-order chi connectivity index (χ1) is 9.10. The maximum Gasteiger partial charge on any atom is 0.255 e. The molecule has 0 atom stereocenters. The van der Waals surface area contributed by atoms with Crippen molar-refractivity contribution < 1.29 is 4.79 Å². The van der Waals surface area contributed by atoms with Crippen molar-refractivity contribution in [1.82, 2.24) is 0 Å². The van der Waals surface area contributed by atoms with Gasteiger partial charge in [-0.2, -0.15) is 0 Å². The summed E-state index contributed by atoms with van der Waals surface area (Å²) in [6, 6.07) is 13.6. The number of amides is 1. The third-order valence-electron chi connectivity index (χ3n) is 3.05. The second-order valence-corrected chi connectivity index (χ2v) is 5.63. The van der Waals surface area contributed by atoms with E-state index in [0.29, 0.717) is 5.56 Å². The van der Waals surface area contributed by atoms with Crippen molar-refractivity contribution in [3.05, 3.63) is 62.7 Å². The monoisotopic (exact) mass is 365 g/mol. The van der Waals surface area contributed by atoms with E-state index in [9.17, 15) is 4.79 Å². The van der Waals surface area contributed by atoms with Gasteiger partial charge < -0.3 is 5.32 Å². The predicted molar refractivity (Wildman–Crippen MR) is 87.7 cm³/mol. The maximum atomic E-state index is 12.1. The summed E-state index contributed by atoms with van der Waals surface area (Å²) in [5.41, 5.74) is 3.97. The maximum absolute atomic E-state index is 12.1. The van der Waals surface area contributed by atoms with E-state index in [4.69, 9.17) is 0 Å². The molecule has 0 saturated carbocycles. The number of hydrogen-bond acceptors (Lipinski definition) is 1. The Balaban J connectivity index is 2.13. The van der Waals surface area contributed by atoms with Gasteiger partial charge in [0.25, 0.3) is 5.91 Å². The molecule has 0 aliphatic carbocycles. The van der Waals surface area contributed by atoms with Crippen LogP contribution in [0.15, 0.2) is 42.5 Å². The fraction of sp³-hybridized carbons (Fsp3) is 0.188. The molecule has 0 aliphatic heterocycles. The van der Waals surface area contributed by atoms with E-state index in [1.165, 1.54) is 11.1 Å². The molecule has 0 bridgehead atoms. The Morgan fingerprint density at radius 1 is 1.16 bits per heavy atom. The quantitative estimate of drug-likeness (QED) is 0.802. The molecule has 19 heavy (non-hydrogen) atoms. The van der Waals surface area contributed by atoms with Gasteiger partial charge in [0, 0.05) is 14.8 Å². The van der Waals surface area contributed by atoms with Gasteiger partial charge in [-0.1, -0.05) is 25.1 Å². The van der Waals surface area contributed by atoms with Gasteiger partial charge in [0.2, 0.25) is 0 Å². The van der Waals surface area contributed by atoms with E-state index in [-0.39, 0.29) is 5.91 Å². The Bertz CT molecular complexity index is 590. The number of hydrogen-bond donors (Lipinski definition) is 1. The first kappa shape index (κ1) is 14.1. The molecule has 2 aromatic rings. The summed E-state index contributed by atoms with van der Waals surface area (Å²) < 4.78 is 1.15. The topological polar surface area (TPSA) is 29.1 Å². The van der Waals surface area contributed by atoms with Gasteiger partial charge in [0.15, 0.2) is 0 Å². The van der Waals surface area contributed by atoms with Crippen LogP contribution in [0.25, 0.3) is 0 Å². The molecule has 2 nitrogen and oxygen atoms in total. The number of carbonyl (C=O) groups excluding carboxylic acids is 1. The molecule has 0 heterocycles. The minimum Gasteiger partial charge on any atom is -0.322 e. The molecule has 3 heteroatoms. The number of anilines is 1. The molecule has 0 fully saturated rings. The fourth-order valence-corrected chi connectivity index (χ4v) is 2.28. The van der Waals surface area contributed by atoms with Gasteiger partial charge in [0.1, 0.15) is 0 Å². The number of halogens is 1. The summed E-state index contributed by atoms with van der Waals surface area (Å²) in [5, 5.41) is 2.92. The summed E-state index contributed by atoms with van der Waals surface area (Å²) in [5.74, 6) is -0.0673. The van der Waals surface area contributed by atoms with Crippen LogP contribution >= 0.6 is 22.6 Å². The molecule has 98 valence electrons. The molecule has 1 N–H and O–H groups in total. The van der Waals surface area contributed by atoms with Crippen molar-refractivity contribution in [3.63, 3.8) is 0 Å². The Kier molecular flexibility index (Phi) is 4.58. The standard InChI is InChI=1S/C16H16INO/c1-3-12-5-7-13(8-6-12)16(19)18-14-9-4-11(2)15(17)10-14/h4-10H,3H2,1-2H3,(H,18,19). The molecular weight excluding hydrogens is 349 g/mol. The predicted octanol–water partition coefficient (Wildman–Crippen LogP) is 4.41. The molecule has 0 unspecified atom stereocenters. The fourth-order valence-electron chi connectivity index (χ4n) is 1.77. The summed E-state index contributed by atoms with van der Waals surface area (Å²) >= 11 is 2.27. The van der Waals surface area contributed by atoms with Crippen LogP contribution in [0.4, 0.5) is 5.69 Å². The lowest BCUT2D eigenvalue weighted by Crippen LogP contribution is -2.12. The van der Waals surface area contributed by atoms with Crippen LogP contribution in [-0.4, -0.2) is 5.91 Å². The second kappa shape index (κ2) is 6.19. The molecule has 0 radical (unpaired) electrons. The highest BCUT2D eigenvalue weighted by molar-refractivity contribution is 14.1. The van der Waals surface area contributed by atoms with Crippen LogP contribution in [0.1, 0.15) is 28.4 Å². The Labute approximate surface area is 127 Å². The molecule has 0 aliphatic rings. The molecule has 2 aromatic carbocycles. The zero-order valence-electron chi connectivity index (χ0n) is 11.0. The van der Waals surface area contributed by atoms with Crippen molar-refractivity contribution >= 4 is 34.2 Å². The number of benzene rings is 2. The van der Waals surface area contributed by atoms with E-state index in [1.54, 1.807) is 0 Å². The van der Waals surface area contributed by atoms with Crippen molar-refractivity contribution in [1.29, 1.82) is 0 Å². The van der Waals surface area contributed by atoms with E-state index >= 15 is 0 Å². The third-order valence-corrected chi connectivity index (χ3v) is 4.22. The van der Waals surface area contributed by atoms with Crippen LogP contribution in [-0.2, 0) is 6.42 Å². The number of carbonyl (C=O) groups is 1. The Morgan fingerprint density at radius 2 is 1.84 bits per heavy atom. The van der Waals surface area contributed by atoms with Crippen molar-refractivity contribution in [3.8, 4) is 0 Å². The van der Waals surface area contributed by atoms with E-state index in [1.807, 2.05) is 42.5 Å². The van der Waals surface area contributed by atoms with Gasteiger partial charge in [0.05, 0.1) is 0 Å². The highest BCUT2D eigenvalue weighted by atomic mass is 127. The van der Waals surface area contributed by atoms with E-state index < -0.39 is 0 Å². The lowest BCUT2D eigenvalue weighted by molar-refractivity contribution is 0.102. The highest BCUT2D eigenvalue weighted by Crippen LogP contribution is 2.18. The lowest BCUT2D eigenvalue weighted by Gasteiger charge is -2.07. The number of nitrogens with one attached hydrogen (secondary N) is 1. The summed E-state index contributed by atoms with van der Waals surface area (Å²) in [7, 11) is 0. The smallest absolute Gasteiger partial charge is 0.255 e. The molecule has 0 saturated heterocycles. The van der Waals surface area contributed by atoms with Crippen LogP contribution in [0.3, 0.4) is 0 Å². The van der Waals surface area contributed by atoms with Gasteiger partial charge in [-0.3, -0.25) is 4.79 Å². The third kappa shape index (κ3) is 3.56. The summed E-state index contributed by atoms with van der Waals surface area (Å²) in [6.07, 6.45) is 0.984. The van der Waals surface area contributed by atoms with Crippen molar-refractivity contribution in [2.45, 2.75) is 20.3 Å². The van der Waals surface area contributed by atoms with E-state index in [0.717, 1.165) is 15.7 Å². The Hall–Kier alpha value is -1.36. The SMILES string of the molecule is CCc1ccc(C(=O)Nc2ccc(C)c(I)c2)cc1. The van der Waals surface area contributed by atoms with E-state index in [2.05, 4.69) is 41.8 Å². The molecule has 1 amide bonds. The molecule has 2 rings (SSSR count). The largest absolute Gasteiger partial charge is 0.322 e. The second-order valence-electron chi connectivity index (χ2n) is 4.47. The molecule has 0 spiro atoms. The zero-order chi connectivity index (χ0) is 13.8. The first-order valence-electron chi connectivity index (χ1n) is 6.26. The van der Waals surface area contributed by atoms with Crippen molar-refractivity contribution in [2.24, 2.45) is 0 Å². The van der Waals surface area contributed by atoms with Gasteiger partial charge in [-0.15, -0.1) is 0 Å². The minimum atomic E-state index is -0.0673. The average Bonchev–Trinajstić information content (AvgIpc) is 2.43. The van der Waals surface area contributed by atoms with Crippen LogP contribution in [0.2, 0.25) is 0 Å². The van der Waals surface area contributed by atoms with Crippen LogP contribution < -0.4 is 5.32 Å². The van der Waals surface area contributed by atoms with Gasteiger partial charge in [-0.25, -0.2) is 0 Å². The lowest BCUT2D eigenvalue weighted by atomic mass is 10.1. The number of rotatable bonds is 3. The first-order valence-corrected chi connectivity index (χ1v) is 7.34. The number of aryl methyl sites for hydroxylation is 2. The minimum absolute atomic E-state index is 0.0673. The van der Waals surface area contributed by atoms with Crippen LogP contribution in [0.5, 0.6) is 0 Å². The molecular formula is C16H16INO. The van der Waals surface area contributed by atoms with Crippen molar-refractivity contribution in [2.75, 3.05) is 5.32 Å². The van der Waals surface area contributed by atoms with Gasteiger partial charge >= 0.3 is 0 Å². The highest BCUT2D eigenvalue weighted by Gasteiger charge is 2.06. The van der Waals surface area contributed by atoms with Crippen LogP contribution in [0, 0.1) is 10.5 Å². The summed E-state index contributed by atoms with van der Waals surface area (Å²) in [4.78, 5) is 12.1. The van der Waals surface area contributed by atoms with Gasteiger partial charge in [-0.05, 0) is 71.3 Å². The normalized spacial score (nSPS) is 10.3. The Morgan fingerprint density at radius 3 is 2.42 bits per heavy atom.